The summed E-state index contributed by atoms with van der Waals surface area (Å²) in [6.07, 6.45) is 0.871. The molecule has 0 aliphatic carbocycles. The molecule has 0 spiro atoms. The van der Waals surface area contributed by atoms with E-state index in [2.05, 4.69) is 4.74 Å². The van der Waals surface area contributed by atoms with Crippen LogP contribution in [0, 0.1) is 0 Å². The Kier molecular flexibility index (Phi) is 4.52. The Hall–Kier alpha value is -1.55. The third kappa shape index (κ3) is 3.46. The number of nitrogens with two attached hydrogens (primary N) is 1. The summed E-state index contributed by atoms with van der Waals surface area (Å²) in [7, 11) is 1.31. The fraction of sp³-hybridized carbons (Fsp3) is 0.462. The number of carbonyl (C=O) groups excluding carboxylic acids is 1. The lowest BCUT2D eigenvalue weighted by Gasteiger charge is -2.22. The van der Waals surface area contributed by atoms with Crippen molar-refractivity contribution in [1.82, 2.24) is 0 Å². The van der Waals surface area contributed by atoms with Gasteiger partial charge in [-0.25, -0.2) is 4.79 Å². The summed E-state index contributed by atoms with van der Waals surface area (Å²) in [5.41, 5.74) is 5.77. The second-order valence-corrected chi connectivity index (χ2v) is 4.16. The summed E-state index contributed by atoms with van der Waals surface area (Å²) in [5, 5.41) is 0. The van der Waals surface area contributed by atoms with Crippen molar-refractivity contribution < 1.29 is 14.3 Å². The van der Waals surface area contributed by atoms with Gasteiger partial charge in [0.25, 0.3) is 0 Å². The molecule has 1 unspecified atom stereocenters. The van der Waals surface area contributed by atoms with E-state index in [1.54, 1.807) is 6.92 Å². The standard InChI is InChI=1S/C13H19NO3/c1-4-10-7-5-6-8-11(10)17-9-13(2,14)12(15)16-3/h5-8H,4,9,14H2,1-3H3. The van der Waals surface area contributed by atoms with Crippen LogP contribution < -0.4 is 10.5 Å². The first-order valence-corrected chi connectivity index (χ1v) is 5.59. The average molecular weight is 237 g/mol. The van der Waals surface area contributed by atoms with Crippen molar-refractivity contribution in [3.8, 4) is 5.75 Å². The predicted octanol–water partition coefficient (Wildman–Crippen LogP) is 1.52. The van der Waals surface area contributed by atoms with Crippen LogP contribution in [-0.4, -0.2) is 25.2 Å². The summed E-state index contributed by atoms with van der Waals surface area (Å²) in [4.78, 5) is 11.4. The van der Waals surface area contributed by atoms with Crippen molar-refractivity contribution in [3.05, 3.63) is 29.8 Å². The number of methoxy groups -OCH3 is 1. The smallest absolute Gasteiger partial charge is 0.329 e. The van der Waals surface area contributed by atoms with Crippen LogP contribution in [0.25, 0.3) is 0 Å². The van der Waals surface area contributed by atoms with E-state index in [0.29, 0.717) is 0 Å². The molecule has 2 N–H and O–H groups in total. The molecule has 1 rings (SSSR count). The van der Waals surface area contributed by atoms with Gasteiger partial charge < -0.3 is 15.2 Å². The van der Waals surface area contributed by atoms with E-state index < -0.39 is 11.5 Å². The first kappa shape index (κ1) is 13.5. The highest BCUT2D eigenvalue weighted by molar-refractivity contribution is 5.80. The normalized spacial score (nSPS) is 13.9. The monoisotopic (exact) mass is 237 g/mol. The SMILES string of the molecule is CCc1ccccc1OCC(C)(N)C(=O)OC. The van der Waals surface area contributed by atoms with E-state index in [4.69, 9.17) is 10.5 Å². The zero-order chi connectivity index (χ0) is 12.9. The summed E-state index contributed by atoms with van der Waals surface area (Å²) in [6.45, 7) is 3.73. The molecule has 0 amide bonds. The van der Waals surface area contributed by atoms with Crippen LogP contribution >= 0.6 is 0 Å². The van der Waals surface area contributed by atoms with Gasteiger partial charge in [0.1, 0.15) is 17.9 Å². The molecule has 0 aliphatic heterocycles. The summed E-state index contributed by atoms with van der Waals surface area (Å²) >= 11 is 0. The van der Waals surface area contributed by atoms with Gasteiger partial charge in [0, 0.05) is 0 Å². The number of para-hydroxylation sites is 1. The minimum atomic E-state index is -1.13. The zero-order valence-electron chi connectivity index (χ0n) is 10.5. The Morgan fingerprint density at radius 2 is 2.06 bits per heavy atom. The van der Waals surface area contributed by atoms with Gasteiger partial charge in [-0.3, -0.25) is 0 Å². The molecule has 1 aromatic carbocycles. The number of aryl methyl sites for hydroxylation is 1. The molecule has 0 bridgehead atoms. The largest absolute Gasteiger partial charge is 0.491 e. The number of rotatable bonds is 5. The molecule has 0 aromatic heterocycles. The van der Waals surface area contributed by atoms with Crippen LogP contribution in [0.4, 0.5) is 0 Å². The molecule has 0 saturated heterocycles. The first-order chi connectivity index (χ1) is 8.01. The molecule has 17 heavy (non-hydrogen) atoms. The van der Waals surface area contributed by atoms with Gasteiger partial charge in [-0.05, 0) is 25.0 Å². The molecule has 0 aliphatic rings. The molecule has 0 saturated carbocycles. The quantitative estimate of drug-likeness (QED) is 0.789. The molecule has 4 heteroatoms. The van der Waals surface area contributed by atoms with E-state index in [1.165, 1.54) is 7.11 Å². The van der Waals surface area contributed by atoms with Crippen LogP contribution in [0.2, 0.25) is 0 Å². The first-order valence-electron chi connectivity index (χ1n) is 5.59. The third-order valence-corrected chi connectivity index (χ3v) is 2.53. The van der Waals surface area contributed by atoms with Gasteiger partial charge in [-0.1, -0.05) is 25.1 Å². The second-order valence-electron chi connectivity index (χ2n) is 4.16. The van der Waals surface area contributed by atoms with E-state index in [1.807, 2.05) is 31.2 Å². The number of carbonyl (C=O) groups is 1. The zero-order valence-corrected chi connectivity index (χ0v) is 10.5. The van der Waals surface area contributed by atoms with Gasteiger partial charge >= 0.3 is 5.97 Å². The Morgan fingerprint density at radius 1 is 1.41 bits per heavy atom. The summed E-state index contributed by atoms with van der Waals surface area (Å²) < 4.78 is 10.2. The lowest BCUT2D eigenvalue weighted by molar-refractivity contribution is -0.147. The van der Waals surface area contributed by atoms with Gasteiger partial charge in [-0.15, -0.1) is 0 Å². The lowest BCUT2D eigenvalue weighted by atomic mass is 10.1. The Morgan fingerprint density at radius 3 is 2.65 bits per heavy atom. The lowest BCUT2D eigenvalue weighted by Crippen LogP contribution is -2.50. The van der Waals surface area contributed by atoms with Crippen LogP contribution in [0.1, 0.15) is 19.4 Å². The van der Waals surface area contributed by atoms with Crippen LogP contribution in [-0.2, 0) is 16.0 Å². The van der Waals surface area contributed by atoms with Gasteiger partial charge in [0.05, 0.1) is 7.11 Å². The van der Waals surface area contributed by atoms with Crippen molar-refractivity contribution in [2.45, 2.75) is 25.8 Å². The van der Waals surface area contributed by atoms with Gasteiger partial charge in [0.15, 0.2) is 0 Å². The summed E-state index contributed by atoms with van der Waals surface area (Å²) in [5.74, 6) is 0.280. The molecule has 1 atom stereocenters. The molecule has 94 valence electrons. The Labute approximate surface area is 102 Å². The molecular formula is C13H19NO3. The Bertz CT molecular complexity index is 388. The number of ether oxygens (including phenoxy) is 2. The van der Waals surface area contributed by atoms with Crippen LogP contribution in [0.15, 0.2) is 24.3 Å². The maximum atomic E-state index is 11.4. The van der Waals surface area contributed by atoms with E-state index in [0.717, 1.165) is 17.7 Å². The fourth-order valence-corrected chi connectivity index (χ4v) is 1.46. The number of esters is 1. The molecule has 0 radical (unpaired) electrons. The van der Waals surface area contributed by atoms with Crippen molar-refractivity contribution >= 4 is 5.97 Å². The van der Waals surface area contributed by atoms with E-state index in [-0.39, 0.29) is 6.61 Å². The van der Waals surface area contributed by atoms with E-state index >= 15 is 0 Å². The second kappa shape index (κ2) is 5.68. The van der Waals surface area contributed by atoms with Gasteiger partial charge in [-0.2, -0.15) is 0 Å². The number of hydrogen-bond donors (Lipinski definition) is 1. The molecule has 1 aromatic rings. The fourth-order valence-electron chi connectivity index (χ4n) is 1.46. The molecule has 4 nitrogen and oxygen atoms in total. The maximum absolute atomic E-state index is 11.4. The van der Waals surface area contributed by atoms with Crippen molar-refractivity contribution in [1.29, 1.82) is 0 Å². The predicted molar refractivity (Wildman–Crippen MR) is 65.9 cm³/mol. The highest BCUT2D eigenvalue weighted by atomic mass is 16.5. The molecule has 0 fully saturated rings. The number of benzene rings is 1. The maximum Gasteiger partial charge on any atom is 0.329 e. The van der Waals surface area contributed by atoms with E-state index in [9.17, 15) is 4.79 Å². The van der Waals surface area contributed by atoms with Crippen LogP contribution in [0.5, 0.6) is 5.75 Å². The minimum absolute atomic E-state index is 0.0939. The summed E-state index contributed by atoms with van der Waals surface area (Å²) in [6, 6.07) is 7.70. The molecular weight excluding hydrogens is 218 g/mol. The Balaban J connectivity index is 2.70. The molecule has 0 heterocycles. The highest BCUT2D eigenvalue weighted by Crippen LogP contribution is 2.19. The van der Waals surface area contributed by atoms with Crippen molar-refractivity contribution in [2.75, 3.05) is 13.7 Å². The topological polar surface area (TPSA) is 61.5 Å². The minimum Gasteiger partial charge on any atom is -0.491 e. The van der Waals surface area contributed by atoms with Crippen LogP contribution in [0.3, 0.4) is 0 Å². The third-order valence-electron chi connectivity index (χ3n) is 2.53. The average Bonchev–Trinajstić information content (AvgIpc) is 2.35. The van der Waals surface area contributed by atoms with Crippen molar-refractivity contribution in [3.63, 3.8) is 0 Å². The van der Waals surface area contributed by atoms with Gasteiger partial charge in [0.2, 0.25) is 0 Å². The number of hydrogen-bond acceptors (Lipinski definition) is 4. The highest BCUT2D eigenvalue weighted by Gasteiger charge is 2.30. The van der Waals surface area contributed by atoms with Crippen molar-refractivity contribution in [2.24, 2.45) is 5.73 Å².